The van der Waals surface area contributed by atoms with Gasteiger partial charge in [0.2, 0.25) is 5.91 Å². The molecule has 1 aromatic heterocycles. The van der Waals surface area contributed by atoms with Gasteiger partial charge in [0.1, 0.15) is 5.82 Å². The van der Waals surface area contributed by atoms with Crippen molar-refractivity contribution in [3.63, 3.8) is 0 Å². The Morgan fingerprint density at radius 1 is 1.19 bits per heavy atom. The lowest BCUT2D eigenvalue weighted by atomic mass is 10.1. The molecule has 5 nitrogen and oxygen atoms in total. The first kappa shape index (κ1) is 18.1. The summed E-state index contributed by atoms with van der Waals surface area (Å²) in [4.78, 5) is 12.2. The van der Waals surface area contributed by atoms with Crippen LogP contribution in [0.5, 0.6) is 0 Å². The lowest BCUT2D eigenvalue weighted by molar-refractivity contribution is -0.113. The molecule has 0 unspecified atom stereocenters. The molecule has 134 valence electrons. The van der Waals surface area contributed by atoms with Crippen LogP contribution in [0.15, 0.2) is 47.6 Å². The van der Waals surface area contributed by atoms with E-state index in [1.54, 1.807) is 29.8 Å². The van der Waals surface area contributed by atoms with E-state index < -0.39 is 0 Å². The van der Waals surface area contributed by atoms with Crippen molar-refractivity contribution in [2.75, 3.05) is 11.1 Å². The molecule has 0 atom stereocenters. The van der Waals surface area contributed by atoms with E-state index in [1.165, 1.54) is 17.8 Å². The van der Waals surface area contributed by atoms with Crippen molar-refractivity contribution in [2.24, 2.45) is 7.05 Å². The first-order valence-corrected chi connectivity index (χ1v) is 9.08. The topological polar surface area (TPSA) is 59.8 Å². The van der Waals surface area contributed by atoms with Gasteiger partial charge in [-0.3, -0.25) is 4.79 Å². The highest BCUT2D eigenvalue weighted by Gasteiger charge is 2.15. The predicted octanol–water partition coefficient (Wildman–Crippen LogP) is 3.97. The number of rotatable bonds is 5. The summed E-state index contributed by atoms with van der Waals surface area (Å²) in [5.41, 5.74) is 3.28. The van der Waals surface area contributed by atoms with Crippen LogP contribution in [-0.2, 0) is 11.8 Å². The van der Waals surface area contributed by atoms with Gasteiger partial charge in [-0.25, -0.2) is 4.39 Å². The maximum absolute atomic E-state index is 13.9. The predicted molar refractivity (Wildman–Crippen MR) is 102 cm³/mol. The third-order valence-corrected chi connectivity index (χ3v) is 4.97. The van der Waals surface area contributed by atoms with Crippen LogP contribution in [0.1, 0.15) is 11.1 Å². The number of aromatic nitrogens is 3. The highest BCUT2D eigenvalue weighted by Crippen LogP contribution is 2.25. The molecule has 0 radical (unpaired) electrons. The van der Waals surface area contributed by atoms with Crippen LogP contribution in [0.2, 0.25) is 0 Å². The second kappa shape index (κ2) is 7.70. The second-order valence-corrected chi connectivity index (χ2v) is 6.94. The molecule has 1 amide bonds. The van der Waals surface area contributed by atoms with E-state index in [0.717, 1.165) is 16.8 Å². The van der Waals surface area contributed by atoms with Crippen LogP contribution in [0.3, 0.4) is 0 Å². The number of nitrogens with zero attached hydrogens (tertiary/aromatic N) is 3. The Morgan fingerprint density at radius 3 is 2.73 bits per heavy atom. The quantitative estimate of drug-likeness (QED) is 0.691. The van der Waals surface area contributed by atoms with E-state index in [1.807, 2.05) is 32.0 Å². The molecule has 3 aromatic rings. The number of hydrogen-bond acceptors (Lipinski definition) is 4. The van der Waals surface area contributed by atoms with Gasteiger partial charge in [0.25, 0.3) is 0 Å². The summed E-state index contributed by atoms with van der Waals surface area (Å²) < 4.78 is 15.6. The Balaban J connectivity index is 1.68. The number of carbonyl (C=O) groups is 1. The Kier molecular flexibility index (Phi) is 5.37. The molecule has 1 heterocycles. The highest BCUT2D eigenvalue weighted by molar-refractivity contribution is 7.99. The van der Waals surface area contributed by atoms with E-state index in [0.29, 0.717) is 16.5 Å². The average molecular weight is 370 g/mol. The van der Waals surface area contributed by atoms with Gasteiger partial charge in [0.15, 0.2) is 11.0 Å². The lowest BCUT2D eigenvalue weighted by Gasteiger charge is -2.09. The number of benzene rings is 2. The summed E-state index contributed by atoms with van der Waals surface area (Å²) >= 11 is 1.26. The summed E-state index contributed by atoms with van der Waals surface area (Å²) in [7, 11) is 1.76. The molecular weight excluding hydrogens is 351 g/mol. The Labute approximate surface area is 155 Å². The zero-order chi connectivity index (χ0) is 18.7. The summed E-state index contributed by atoms with van der Waals surface area (Å²) in [6.07, 6.45) is 0. The molecule has 0 spiro atoms. The molecule has 3 rings (SSSR count). The minimum Gasteiger partial charge on any atom is -0.325 e. The zero-order valence-corrected chi connectivity index (χ0v) is 15.6. The number of nitrogens with one attached hydrogen (secondary N) is 1. The second-order valence-electron chi connectivity index (χ2n) is 6.00. The Hall–Kier alpha value is -2.67. The first-order chi connectivity index (χ1) is 12.5. The summed E-state index contributed by atoms with van der Waals surface area (Å²) in [5.74, 6) is 0.142. The van der Waals surface area contributed by atoms with Crippen molar-refractivity contribution in [1.82, 2.24) is 14.8 Å². The molecule has 0 bridgehead atoms. The summed E-state index contributed by atoms with van der Waals surface area (Å²) in [5, 5.41) is 11.6. The van der Waals surface area contributed by atoms with Crippen LogP contribution in [0.25, 0.3) is 11.4 Å². The number of halogens is 1. The SMILES string of the molecule is Cc1ccc(C)c(NC(=O)CSc2nnc(-c3ccccc3F)n2C)c1. The number of anilines is 1. The van der Waals surface area contributed by atoms with E-state index in [4.69, 9.17) is 0 Å². The van der Waals surface area contributed by atoms with Crippen LogP contribution in [-0.4, -0.2) is 26.4 Å². The largest absolute Gasteiger partial charge is 0.325 e. The molecule has 0 aliphatic heterocycles. The Bertz CT molecular complexity index is 954. The van der Waals surface area contributed by atoms with Gasteiger partial charge in [-0.1, -0.05) is 36.0 Å². The van der Waals surface area contributed by atoms with Gasteiger partial charge in [0.05, 0.1) is 11.3 Å². The minimum absolute atomic E-state index is 0.126. The van der Waals surface area contributed by atoms with Gasteiger partial charge in [-0.05, 0) is 43.2 Å². The van der Waals surface area contributed by atoms with Gasteiger partial charge in [-0.2, -0.15) is 0 Å². The smallest absolute Gasteiger partial charge is 0.234 e. The van der Waals surface area contributed by atoms with Crippen molar-refractivity contribution in [2.45, 2.75) is 19.0 Å². The molecule has 7 heteroatoms. The van der Waals surface area contributed by atoms with E-state index in [-0.39, 0.29) is 17.5 Å². The fraction of sp³-hybridized carbons (Fsp3) is 0.211. The standard InChI is InChI=1S/C19H19FN4OS/c1-12-8-9-13(2)16(10-12)21-17(25)11-26-19-23-22-18(24(19)3)14-6-4-5-7-15(14)20/h4-10H,11H2,1-3H3,(H,21,25). The summed E-state index contributed by atoms with van der Waals surface area (Å²) in [6.45, 7) is 3.93. The number of aryl methyl sites for hydroxylation is 2. The van der Waals surface area contributed by atoms with Crippen molar-refractivity contribution in [1.29, 1.82) is 0 Å². The van der Waals surface area contributed by atoms with Crippen molar-refractivity contribution in [3.05, 3.63) is 59.4 Å². The molecule has 2 aromatic carbocycles. The van der Waals surface area contributed by atoms with E-state index >= 15 is 0 Å². The van der Waals surface area contributed by atoms with Crippen LogP contribution < -0.4 is 5.32 Å². The fourth-order valence-electron chi connectivity index (χ4n) is 2.50. The van der Waals surface area contributed by atoms with Crippen LogP contribution >= 0.6 is 11.8 Å². The van der Waals surface area contributed by atoms with Crippen molar-refractivity contribution >= 4 is 23.4 Å². The Morgan fingerprint density at radius 2 is 1.96 bits per heavy atom. The number of hydrogen-bond donors (Lipinski definition) is 1. The van der Waals surface area contributed by atoms with Crippen LogP contribution in [0.4, 0.5) is 10.1 Å². The third kappa shape index (κ3) is 3.94. The monoisotopic (exact) mass is 370 g/mol. The average Bonchev–Trinajstić information content (AvgIpc) is 2.97. The first-order valence-electron chi connectivity index (χ1n) is 8.10. The molecular formula is C19H19FN4OS. The normalized spacial score (nSPS) is 10.8. The lowest BCUT2D eigenvalue weighted by Crippen LogP contribution is -2.15. The molecule has 26 heavy (non-hydrogen) atoms. The van der Waals surface area contributed by atoms with Crippen molar-refractivity contribution in [3.8, 4) is 11.4 Å². The molecule has 0 saturated carbocycles. The molecule has 0 aliphatic carbocycles. The molecule has 0 fully saturated rings. The number of amides is 1. The van der Waals surface area contributed by atoms with E-state index in [9.17, 15) is 9.18 Å². The van der Waals surface area contributed by atoms with Gasteiger partial charge in [-0.15, -0.1) is 10.2 Å². The van der Waals surface area contributed by atoms with E-state index in [2.05, 4.69) is 15.5 Å². The van der Waals surface area contributed by atoms with Crippen molar-refractivity contribution < 1.29 is 9.18 Å². The summed E-state index contributed by atoms with van der Waals surface area (Å²) in [6, 6.07) is 12.3. The maximum Gasteiger partial charge on any atom is 0.234 e. The van der Waals surface area contributed by atoms with Crippen LogP contribution in [0, 0.1) is 19.7 Å². The molecule has 0 aliphatic rings. The zero-order valence-electron chi connectivity index (χ0n) is 14.8. The minimum atomic E-state index is -0.354. The van der Waals surface area contributed by atoms with Gasteiger partial charge >= 0.3 is 0 Å². The molecule has 1 N–H and O–H groups in total. The fourth-order valence-corrected chi connectivity index (χ4v) is 3.22. The molecule has 0 saturated heterocycles. The maximum atomic E-state index is 13.9. The number of carbonyl (C=O) groups excluding carboxylic acids is 1. The third-order valence-electron chi connectivity index (χ3n) is 3.95. The van der Waals surface area contributed by atoms with Gasteiger partial charge in [0, 0.05) is 12.7 Å². The number of thioether (sulfide) groups is 1. The van der Waals surface area contributed by atoms with Gasteiger partial charge < -0.3 is 9.88 Å². The highest BCUT2D eigenvalue weighted by atomic mass is 32.2.